The van der Waals surface area contributed by atoms with E-state index in [0.29, 0.717) is 6.42 Å². The number of carbonyl (C=O) groups excluding carboxylic acids is 1. The summed E-state index contributed by atoms with van der Waals surface area (Å²) in [7, 11) is 0. The molecule has 2 aliphatic rings. The largest absolute Gasteiger partial charge is 0.462 e. The molecule has 2 heterocycles. The summed E-state index contributed by atoms with van der Waals surface area (Å²) >= 11 is 0. The van der Waals surface area contributed by atoms with E-state index in [1.54, 1.807) is 0 Å². The first-order valence-corrected chi connectivity index (χ1v) is 5.70. The summed E-state index contributed by atoms with van der Waals surface area (Å²) in [5, 5.41) is 0. The molecule has 16 heavy (non-hydrogen) atoms. The Bertz CT molecular complexity index is 387. The number of rotatable bonds is 2. The second-order valence-electron chi connectivity index (χ2n) is 4.45. The molecule has 3 atom stereocenters. The molecule has 0 aliphatic carbocycles. The van der Waals surface area contributed by atoms with Gasteiger partial charge in [0.2, 0.25) is 0 Å². The SMILES string of the molecule is O=C1C[C@H]2O[C@H]2C[C@H](Cc2ccccc2)O1. The molecule has 3 nitrogen and oxygen atoms in total. The first-order chi connectivity index (χ1) is 7.81. The summed E-state index contributed by atoms with van der Waals surface area (Å²) in [5.41, 5.74) is 1.21. The fourth-order valence-electron chi connectivity index (χ4n) is 2.27. The quantitative estimate of drug-likeness (QED) is 0.560. The van der Waals surface area contributed by atoms with Gasteiger partial charge in [-0.05, 0) is 5.56 Å². The van der Waals surface area contributed by atoms with E-state index in [1.165, 1.54) is 5.56 Å². The Kier molecular flexibility index (Phi) is 2.40. The lowest BCUT2D eigenvalue weighted by atomic mass is 10.0. The Balaban J connectivity index is 1.67. The van der Waals surface area contributed by atoms with Crippen LogP contribution in [0.15, 0.2) is 30.3 Å². The summed E-state index contributed by atoms with van der Waals surface area (Å²) in [4.78, 5) is 11.4. The number of fused-ring (bicyclic) bond motifs is 1. The zero-order chi connectivity index (χ0) is 11.0. The van der Waals surface area contributed by atoms with Gasteiger partial charge in [0.15, 0.2) is 0 Å². The van der Waals surface area contributed by atoms with Crippen LogP contribution in [0.1, 0.15) is 18.4 Å². The molecule has 0 amide bonds. The number of hydrogen-bond donors (Lipinski definition) is 0. The molecule has 0 spiro atoms. The highest BCUT2D eigenvalue weighted by Gasteiger charge is 2.45. The van der Waals surface area contributed by atoms with Crippen molar-refractivity contribution in [2.75, 3.05) is 0 Å². The Labute approximate surface area is 94.4 Å². The van der Waals surface area contributed by atoms with E-state index in [9.17, 15) is 4.79 Å². The third kappa shape index (κ3) is 2.09. The predicted molar refractivity (Wildman–Crippen MR) is 57.9 cm³/mol. The standard InChI is InChI=1S/C13H14O3/c14-13-8-12-11(16-12)7-10(15-13)6-9-4-2-1-3-5-9/h1-5,10-12H,6-8H2/t10-,11-,12+/m0/s1. The van der Waals surface area contributed by atoms with Crippen molar-refractivity contribution in [2.45, 2.75) is 37.6 Å². The second-order valence-corrected chi connectivity index (χ2v) is 4.45. The lowest BCUT2D eigenvalue weighted by Gasteiger charge is -2.15. The Morgan fingerprint density at radius 2 is 2.00 bits per heavy atom. The van der Waals surface area contributed by atoms with Gasteiger partial charge >= 0.3 is 5.97 Å². The molecule has 0 radical (unpaired) electrons. The Morgan fingerprint density at radius 3 is 2.81 bits per heavy atom. The van der Waals surface area contributed by atoms with Gasteiger partial charge in [0.25, 0.3) is 0 Å². The van der Waals surface area contributed by atoms with E-state index in [-0.39, 0.29) is 24.3 Å². The first kappa shape index (κ1) is 9.85. The summed E-state index contributed by atoms with van der Waals surface area (Å²) in [6, 6.07) is 10.1. The van der Waals surface area contributed by atoms with Crippen LogP contribution in [0, 0.1) is 0 Å². The van der Waals surface area contributed by atoms with Gasteiger partial charge in [0.1, 0.15) is 6.10 Å². The van der Waals surface area contributed by atoms with Gasteiger partial charge in [0.05, 0.1) is 18.6 Å². The third-order valence-corrected chi connectivity index (χ3v) is 3.16. The van der Waals surface area contributed by atoms with Gasteiger partial charge in [-0.25, -0.2) is 0 Å². The number of ether oxygens (including phenoxy) is 2. The van der Waals surface area contributed by atoms with Crippen molar-refractivity contribution >= 4 is 5.97 Å². The molecule has 0 aromatic heterocycles. The topological polar surface area (TPSA) is 38.8 Å². The first-order valence-electron chi connectivity index (χ1n) is 5.70. The van der Waals surface area contributed by atoms with Crippen molar-refractivity contribution in [2.24, 2.45) is 0 Å². The van der Waals surface area contributed by atoms with Crippen molar-refractivity contribution in [3.05, 3.63) is 35.9 Å². The number of benzene rings is 1. The highest BCUT2D eigenvalue weighted by molar-refractivity contribution is 5.71. The van der Waals surface area contributed by atoms with Crippen molar-refractivity contribution in [1.29, 1.82) is 0 Å². The van der Waals surface area contributed by atoms with Crippen molar-refractivity contribution in [3.63, 3.8) is 0 Å². The van der Waals surface area contributed by atoms with Gasteiger partial charge in [-0.1, -0.05) is 30.3 Å². The highest BCUT2D eigenvalue weighted by Crippen LogP contribution is 2.34. The summed E-state index contributed by atoms with van der Waals surface area (Å²) in [5.74, 6) is -0.120. The molecule has 1 aromatic carbocycles. The molecule has 2 saturated heterocycles. The summed E-state index contributed by atoms with van der Waals surface area (Å²) < 4.78 is 10.8. The highest BCUT2D eigenvalue weighted by atomic mass is 16.6. The number of carbonyl (C=O) groups is 1. The molecule has 0 bridgehead atoms. The predicted octanol–water partition coefficient (Wildman–Crippen LogP) is 1.70. The van der Waals surface area contributed by atoms with Gasteiger partial charge in [0, 0.05) is 12.8 Å². The lowest BCUT2D eigenvalue weighted by molar-refractivity contribution is -0.149. The summed E-state index contributed by atoms with van der Waals surface area (Å²) in [6.07, 6.45) is 2.42. The zero-order valence-electron chi connectivity index (χ0n) is 8.96. The van der Waals surface area contributed by atoms with Crippen LogP contribution in [0.5, 0.6) is 0 Å². The minimum absolute atomic E-state index is 0.0209. The zero-order valence-corrected chi connectivity index (χ0v) is 8.96. The molecule has 0 saturated carbocycles. The fraction of sp³-hybridized carbons (Fsp3) is 0.462. The van der Waals surface area contributed by atoms with Crippen LogP contribution >= 0.6 is 0 Å². The molecular formula is C13H14O3. The van der Waals surface area contributed by atoms with Crippen LogP contribution in [-0.4, -0.2) is 24.3 Å². The number of esters is 1. The number of cyclic esters (lactones) is 1. The van der Waals surface area contributed by atoms with Crippen LogP contribution < -0.4 is 0 Å². The van der Waals surface area contributed by atoms with E-state index < -0.39 is 0 Å². The minimum atomic E-state index is -0.120. The number of epoxide rings is 1. The van der Waals surface area contributed by atoms with Gasteiger partial charge in [-0.3, -0.25) is 4.79 Å². The molecule has 0 N–H and O–H groups in total. The van der Waals surface area contributed by atoms with Crippen LogP contribution in [0.4, 0.5) is 0 Å². The van der Waals surface area contributed by atoms with E-state index in [1.807, 2.05) is 18.2 Å². The normalized spacial score (nSPS) is 32.5. The third-order valence-electron chi connectivity index (χ3n) is 3.16. The monoisotopic (exact) mass is 218 g/mol. The molecule has 0 unspecified atom stereocenters. The van der Waals surface area contributed by atoms with Crippen molar-refractivity contribution < 1.29 is 14.3 Å². The van der Waals surface area contributed by atoms with Crippen molar-refractivity contribution in [1.82, 2.24) is 0 Å². The van der Waals surface area contributed by atoms with Crippen LogP contribution in [0.3, 0.4) is 0 Å². The van der Waals surface area contributed by atoms with Crippen LogP contribution in [-0.2, 0) is 20.7 Å². The number of hydrogen-bond acceptors (Lipinski definition) is 3. The van der Waals surface area contributed by atoms with Gasteiger partial charge < -0.3 is 9.47 Å². The molecule has 84 valence electrons. The van der Waals surface area contributed by atoms with Gasteiger partial charge in [-0.2, -0.15) is 0 Å². The average Bonchev–Trinajstić information content (AvgIpc) is 2.97. The smallest absolute Gasteiger partial charge is 0.308 e. The molecule has 3 heteroatoms. The second kappa shape index (κ2) is 3.91. The van der Waals surface area contributed by atoms with E-state index in [0.717, 1.165) is 12.8 Å². The van der Waals surface area contributed by atoms with Gasteiger partial charge in [-0.15, -0.1) is 0 Å². The van der Waals surface area contributed by atoms with Crippen LogP contribution in [0.25, 0.3) is 0 Å². The Morgan fingerprint density at radius 1 is 1.19 bits per heavy atom. The molecule has 3 rings (SSSR count). The molecule has 2 aliphatic heterocycles. The maximum Gasteiger partial charge on any atom is 0.308 e. The molecule has 1 aromatic rings. The molecule has 2 fully saturated rings. The lowest BCUT2D eigenvalue weighted by Crippen LogP contribution is -2.20. The summed E-state index contributed by atoms with van der Waals surface area (Å²) in [6.45, 7) is 0. The average molecular weight is 218 g/mol. The van der Waals surface area contributed by atoms with Crippen molar-refractivity contribution in [3.8, 4) is 0 Å². The fourth-order valence-corrected chi connectivity index (χ4v) is 2.27. The van der Waals surface area contributed by atoms with Crippen LogP contribution in [0.2, 0.25) is 0 Å². The van der Waals surface area contributed by atoms with E-state index >= 15 is 0 Å². The van der Waals surface area contributed by atoms with E-state index in [2.05, 4.69) is 12.1 Å². The maximum absolute atomic E-state index is 11.4. The maximum atomic E-state index is 11.4. The van der Waals surface area contributed by atoms with E-state index in [4.69, 9.17) is 9.47 Å². The minimum Gasteiger partial charge on any atom is -0.462 e. The molecular weight excluding hydrogens is 204 g/mol. The Hall–Kier alpha value is -1.35.